The second-order valence-corrected chi connectivity index (χ2v) is 17.9. The second-order valence-electron chi connectivity index (χ2n) is 17.9. The van der Waals surface area contributed by atoms with Crippen LogP contribution in [0.2, 0.25) is 0 Å². The number of anilines is 1. The highest BCUT2D eigenvalue weighted by Gasteiger charge is 2.65. The van der Waals surface area contributed by atoms with Gasteiger partial charge in [0.15, 0.2) is 0 Å². The topological polar surface area (TPSA) is 167 Å². The fourth-order valence-corrected chi connectivity index (χ4v) is 10.8. The fraction of sp³-hybridized carbons (Fsp3) is 0.620. The molecule has 3 aliphatic carbocycles. The van der Waals surface area contributed by atoms with Gasteiger partial charge in [0.05, 0.1) is 44.8 Å². The number of ether oxygens (including phenoxy) is 6. The molecule has 1 saturated heterocycles. The number of methoxy groups -OCH3 is 2. The highest BCUT2D eigenvalue weighted by Crippen LogP contribution is 2.62. The molecule has 0 radical (unpaired) electrons. The van der Waals surface area contributed by atoms with E-state index in [1.54, 1.807) is 37.5 Å². The maximum atomic E-state index is 14.5. The number of aliphatic hydroxyl groups is 2. The number of aliphatic hydroxyl groups excluding tert-OH is 2. The first-order valence-electron chi connectivity index (χ1n) is 23.6. The van der Waals surface area contributed by atoms with E-state index < -0.39 is 30.1 Å². The van der Waals surface area contributed by atoms with Crippen molar-refractivity contribution in [1.82, 2.24) is 4.90 Å². The SMILES string of the molecule is C=CCO[C@@]12Oc3ccc(OC(=O)Nc4ccc(OC)cc4OC)cc3[C@H]3[C@H](CCCCO)[C@@H](CCCCO)C=C(C(=NOC4CCCCO4)C[C@@H]1N(C)C(=O)CCC1CCCC1)[C@H]32. The standard InChI is InChI=1S/C50H69N3O11/c1-5-27-61-50-44(53(2)45(56)24-19-33-14-6-7-15-33)32-41(52-64-46-18-10-13-28-60-46)38-29-34(16-8-11-25-54)37(17-9-12-26-55)47(48(38)50)39-30-36(21-23-42(39)63-50)62-49(57)51-40-22-20-35(58-3)31-43(40)59-4/h5,20-23,29-31,33-34,37,44,46-48,54-55H,1,6-19,24-28,32H2,2-4H3,(H,51,57)/t34-,37+,44-,46?,47+,48+,50+/m0/s1. The molecule has 2 saturated carbocycles. The van der Waals surface area contributed by atoms with Gasteiger partial charge in [-0.1, -0.05) is 55.8 Å². The number of fused-ring (bicyclic) bond motifs is 2. The number of nitrogens with one attached hydrogen (secondary N) is 1. The Morgan fingerprint density at radius 3 is 2.44 bits per heavy atom. The van der Waals surface area contributed by atoms with Crippen molar-refractivity contribution >= 4 is 23.4 Å². The molecule has 0 aromatic heterocycles. The molecule has 350 valence electrons. The highest BCUT2D eigenvalue weighted by atomic mass is 16.8. The molecule has 2 aromatic rings. The van der Waals surface area contributed by atoms with Crippen LogP contribution in [0.1, 0.15) is 114 Å². The Morgan fingerprint density at radius 1 is 0.953 bits per heavy atom. The van der Waals surface area contributed by atoms with E-state index >= 15 is 0 Å². The number of hydrogen-bond acceptors (Lipinski definition) is 12. The summed E-state index contributed by atoms with van der Waals surface area (Å²) in [5.74, 6) is 0.355. The van der Waals surface area contributed by atoms with E-state index in [1.807, 2.05) is 24.1 Å². The first kappa shape index (κ1) is 47.3. The van der Waals surface area contributed by atoms with Crippen molar-refractivity contribution in [3.8, 4) is 23.0 Å². The molecule has 14 nitrogen and oxygen atoms in total. The van der Waals surface area contributed by atoms with Crippen LogP contribution in [0.25, 0.3) is 0 Å². The number of unbranched alkanes of at least 4 members (excludes halogenated alkanes) is 2. The molecule has 5 aliphatic rings. The molecule has 3 N–H and O–H groups in total. The number of likely N-dealkylation sites (N-methyl/N-ethyl adjacent to an activating group) is 1. The predicted molar refractivity (Wildman–Crippen MR) is 243 cm³/mol. The van der Waals surface area contributed by atoms with Crippen LogP contribution in [-0.2, 0) is 19.1 Å². The zero-order valence-corrected chi connectivity index (χ0v) is 38.0. The third kappa shape index (κ3) is 10.7. The summed E-state index contributed by atoms with van der Waals surface area (Å²) in [5.41, 5.74) is 2.91. The van der Waals surface area contributed by atoms with Crippen molar-refractivity contribution in [1.29, 1.82) is 0 Å². The van der Waals surface area contributed by atoms with Crippen LogP contribution in [0.5, 0.6) is 23.0 Å². The van der Waals surface area contributed by atoms with Gasteiger partial charge in [-0.2, -0.15) is 0 Å². The van der Waals surface area contributed by atoms with Crippen LogP contribution in [0.3, 0.4) is 0 Å². The summed E-state index contributed by atoms with van der Waals surface area (Å²) in [6.45, 7) is 4.96. The average Bonchev–Trinajstić information content (AvgIpc) is 3.85. The van der Waals surface area contributed by atoms with E-state index in [-0.39, 0.29) is 43.5 Å². The van der Waals surface area contributed by atoms with E-state index in [4.69, 9.17) is 38.4 Å². The number of allylic oxidation sites excluding steroid dienone is 1. The first-order chi connectivity index (χ1) is 31.2. The highest BCUT2D eigenvalue weighted by molar-refractivity contribution is 6.03. The number of carbonyl (C=O) groups is 2. The molecule has 3 fully saturated rings. The largest absolute Gasteiger partial charge is 0.497 e. The van der Waals surface area contributed by atoms with Gasteiger partial charge in [0, 0.05) is 57.1 Å². The number of hydrogen-bond donors (Lipinski definition) is 3. The Bertz CT molecular complexity index is 1960. The zero-order valence-electron chi connectivity index (χ0n) is 38.0. The summed E-state index contributed by atoms with van der Waals surface area (Å²) < 4.78 is 37.2. The van der Waals surface area contributed by atoms with Crippen molar-refractivity contribution < 1.29 is 53.1 Å². The van der Waals surface area contributed by atoms with E-state index in [2.05, 4.69) is 18.0 Å². The van der Waals surface area contributed by atoms with Crippen LogP contribution in [0.4, 0.5) is 10.5 Å². The predicted octanol–water partition coefficient (Wildman–Crippen LogP) is 8.90. The molecule has 7 rings (SSSR count). The number of rotatable bonds is 21. The van der Waals surface area contributed by atoms with Gasteiger partial charge in [-0.3, -0.25) is 10.1 Å². The van der Waals surface area contributed by atoms with Crippen molar-refractivity contribution in [3.05, 3.63) is 66.3 Å². The summed E-state index contributed by atoms with van der Waals surface area (Å²) in [6, 6.07) is 9.91. The number of carbonyl (C=O) groups excluding carboxylic acids is 2. The molecule has 2 amide bonds. The summed E-state index contributed by atoms with van der Waals surface area (Å²) in [6.07, 6.45) is 16.3. The van der Waals surface area contributed by atoms with Gasteiger partial charge in [0.2, 0.25) is 18.0 Å². The minimum absolute atomic E-state index is 0.00644. The molecule has 1 unspecified atom stereocenters. The molecule has 7 atom stereocenters. The lowest BCUT2D eigenvalue weighted by Crippen LogP contribution is -2.69. The first-order valence-corrected chi connectivity index (χ1v) is 23.6. The minimum Gasteiger partial charge on any atom is -0.497 e. The van der Waals surface area contributed by atoms with Gasteiger partial charge in [0.1, 0.15) is 29.0 Å². The van der Waals surface area contributed by atoms with Crippen LogP contribution in [0.15, 0.2) is 65.9 Å². The van der Waals surface area contributed by atoms with Crippen molar-refractivity contribution in [2.75, 3.05) is 53.0 Å². The Morgan fingerprint density at radius 2 is 1.72 bits per heavy atom. The molecule has 0 bridgehead atoms. The maximum Gasteiger partial charge on any atom is 0.417 e. The normalized spacial score (nSPS) is 26.8. The summed E-state index contributed by atoms with van der Waals surface area (Å²) in [4.78, 5) is 36.1. The van der Waals surface area contributed by atoms with Crippen LogP contribution >= 0.6 is 0 Å². The average molecular weight is 888 g/mol. The molecule has 2 aliphatic heterocycles. The maximum absolute atomic E-state index is 14.5. The molecule has 14 heteroatoms. The lowest BCUT2D eigenvalue weighted by molar-refractivity contribution is -0.256. The summed E-state index contributed by atoms with van der Waals surface area (Å²) in [7, 11) is 4.93. The van der Waals surface area contributed by atoms with Crippen molar-refractivity contribution in [2.45, 2.75) is 127 Å². The zero-order chi connectivity index (χ0) is 45.1. The lowest BCUT2D eigenvalue weighted by atomic mass is 9.55. The van der Waals surface area contributed by atoms with Gasteiger partial charge in [-0.15, -0.1) is 6.58 Å². The van der Waals surface area contributed by atoms with Crippen molar-refractivity contribution in [3.63, 3.8) is 0 Å². The fourth-order valence-electron chi connectivity index (χ4n) is 10.8. The Labute approximate surface area is 378 Å². The van der Waals surface area contributed by atoms with Gasteiger partial charge in [-0.25, -0.2) is 4.79 Å². The third-order valence-electron chi connectivity index (χ3n) is 14.0. The van der Waals surface area contributed by atoms with E-state index in [9.17, 15) is 19.8 Å². The van der Waals surface area contributed by atoms with Crippen molar-refractivity contribution in [2.24, 2.45) is 28.8 Å². The van der Waals surface area contributed by atoms with Crippen LogP contribution < -0.4 is 24.3 Å². The number of nitrogens with zero attached hydrogens (tertiary/aromatic N) is 2. The van der Waals surface area contributed by atoms with E-state index in [1.165, 1.54) is 20.0 Å². The van der Waals surface area contributed by atoms with Gasteiger partial charge >= 0.3 is 6.09 Å². The summed E-state index contributed by atoms with van der Waals surface area (Å²) >= 11 is 0. The molecular weight excluding hydrogens is 819 g/mol. The molecule has 64 heavy (non-hydrogen) atoms. The minimum atomic E-state index is -1.37. The van der Waals surface area contributed by atoms with E-state index in [0.717, 1.165) is 81.1 Å². The Hall–Kier alpha value is -4.63. The summed E-state index contributed by atoms with van der Waals surface area (Å²) in [5, 5.41) is 27.6. The number of amides is 2. The third-order valence-corrected chi connectivity index (χ3v) is 14.0. The molecule has 0 spiro atoms. The Kier molecular flexibility index (Phi) is 16.7. The second kappa shape index (κ2) is 22.5. The lowest BCUT2D eigenvalue weighted by Gasteiger charge is -2.59. The number of oxime groups is 1. The van der Waals surface area contributed by atoms with Gasteiger partial charge < -0.3 is 48.4 Å². The van der Waals surface area contributed by atoms with Gasteiger partial charge in [-0.05, 0) is 98.6 Å². The smallest absolute Gasteiger partial charge is 0.417 e. The quantitative estimate of drug-likeness (QED) is 0.0623. The van der Waals surface area contributed by atoms with Crippen LogP contribution in [0, 0.1) is 23.7 Å². The molecular formula is C50H69N3O11. The van der Waals surface area contributed by atoms with Gasteiger partial charge in [0.25, 0.3) is 0 Å². The van der Waals surface area contributed by atoms with Crippen LogP contribution in [-0.4, -0.2) is 98.6 Å². The Balaban J connectivity index is 1.34. The van der Waals surface area contributed by atoms with E-state index in [0.29, 0.717) is 66.9 Å². The molecule has 2 heterocycles. The monoisotopic (exact) mass is 887 g/mol. The number of benzene rings is 2. The molecule has 2 aromatic carbocycles.